The molecule has 0 saturated carbocycles. The number of furan rings is 1. The maximum Gasteiger partial charge on any atom is 0.252 e. The third kappa shape index (κ3) is 4.07. The Morgan fingerprint density at radius 1 is 1.18 bits per heavy atom. The topological polar surface area (TPSA) is 153 Å². The number of anilines is 1. The smallest absolute Gasteiger partial charge is 0.252 e. The van der Waals surface area contributed by atoms with Crippen molar-refractivity contribution < 1.29 is 9.21 Å². The van der Waals surface area contributed by atoms with Gasteiger partial charge in [0.05, 0.1) is 17.8 Å². The fourth-order valence-electron chi connectivity index (χ4n) is 5.07. The molecule has 0 aliphatic carbocycles. The minimum atomic E-state index is -1.20. The highest BCUT2D eigenvalue weighted by Gasteiger charge is 2.40. The molecule has 1 aromatic carbocycles. The summed E-state index contributed by atoms with van der Waals surface area (Å²) in [4.78, 5) is 23.1. The second-order valence-corrected chi connectivity index (χ2v) is 9.82. The van der Waals surface area contributed by atoms with E-state index in [9.17, 15) is 4.79 Å². The quantitative estimate of drug-likeness (QED) is 0.253. The lowest BCUT2D eigenvalue weighted by Crippen LogP contribution is -2.55. The van der Waals surface area contributed by atoms with Gasteiger partial charge in [-0.3, -0.25) is 4.79 Å². The predicted octanol–water partition coefficient (Wildman–Crippen LogP) is 1.54. The number of hydrogen-bond acceptors (Lipinski definition) is 9. The van der Waals surface area contributed by atoms with Gasteiger partial charge in [0.2, 0.25) is 11.8 Å². The van der Waals surface area contributed by atoms with Gasteiger partial charge in [-0.15, -0.1) is 5.10 Å². The van der Waals surface area contributed by atoms with Crippen LogP contribution in [-0.2, 0) is 10.3 Å². The third-order valence-corrected chi connectivity index (χ3v) is 7.11. The van der Waals surface area contributed by atoms with E-state index in [2.05, 4.69) is 43.0 Å². The van der Waals surface area contributed by atoms with Gasteiger partial charge in [0, 0.05) is 31.7 Å². The summed E-state index contributed by atoms with van der Waals surface area (Å²) in [6.45, 7) is 6.32. The normalized spacial score (nSPS) is 19.5. The molecule has 1 fully saturated rings. The number of amides is 1. The first-order valence-electron chi connectivity index (χ1n) is 12.7. The molecule has 1 saturated heterocycles. The van der Waals surface area contributed by atoms with Crippen molar-refractivity contribution in [3.05, 3.63) is 60.5 Å². The van der Waals surface area contributed by atoms with Crippen LogP contribution in [0.1, 0.15) is 25.8 Å². The summed E-state index contributed by atoms with van der Waals surface area (Å²) < 4.78 is 8.53. The standard InChI is InChI=1S/C26H30N10O2/c1-16-13-28-14-18(31-16)10-11-29-24(37)26(2,17-7-4-3-5-8-17)36-23-19(15-30-36)22-32-21(20-9-6-12-38-20)34-35(22)25(27)33-23/h3-9,12,15-16,18,28,31H,10-11,13-14H2,1-2H3,(H2,27,33)(H,29,37)/t16?,18?,26-/m1/s1. The molecule has 6 rings (SSSR count). The Morgan fingerprint density at radius 3 is 2.79 bits per heavy atom. The number of nitrogens with two attached hydrogens (primary N) is 1. The summed E-state index contributed by atoms with van der Waals surface area (Å²) in [6, 6.07) is 13.8. The van der Waals surface area contributed by atoms with Crippen molar-refractivity contribution in [2.24, 2.45) is 0 Å². The lowest BCUT2D eigenvalue weighted by Gasteiger charge is -2.32. The summed E-state index contributed by atoms with van der Waals surface area (Å²) in [7, 11) is 0. The molecule has 1 amide bonds. The van der Waals surface area contributed by atoms with Crippen LogP contribution >= 0.6 is 0 Å². The van der Waals surface area contributed by atoms with Crippen molar-refractivity contribution in [1.82, 2.24) is 45.3 Å². The molecule has 12 heteroatoms. The number of rotatable bonds is 7. The van der Waals surface area contributed by atoms with Crippen LogP contribution in [0.5, 0.6) is 0 Å². The first-order chi connectivity index (χ1) is 18.4. The van der Waals surface area contributed by atoms with Gasteiger partial charge in [-0.25, -0.2) is 9.67 Å². The SMILES string of the molecule is CC1CNCC(CCNC(=O)[C@@](C)(c2ccccc2)n2ncc3c2nc(N)n2nc(-c4ccco4)nc32)N1. The first kappa shape index (κ1) is 24.1. The van der Waals surface area contributed by atoms with Crippen LogP contribution < -0.4 is 21.7 Å². The molecule has 0 spiro atoms. The Labute approximate surface area is 218 Å². The Morgan fingerprint density at radius 2 is 2.03 bits per heavy atom. The Kier molecular flexibility index (Phi) is 6.04. The summed E-state index contributed by atoms with van der Waals surface area (Å²) >= 11 is 0. The van der Waals surface area contributed by atoms with Crippen LogP contribution in [0.4, 0.5) is 5.95 Å². The second-order valence-electron chi connectivity index (χ2n) is 9.82. The number of piperazine rings is 1. The highest BCUT2D eigenvalue weighted by Crippen LogP contribution is 2.31. The van der Waals surface area contributed by atoms with Gasteiger partial charge >= 0.3 is 0 Å². The number of nitrogens with one attached hydrogen (secondary N) is 3. The van der Waals surface area contributed by atoms with E-state index in [0.29, 0.717) is 46.9 Å². The molecule has 12 nitrogen and oxygen atoms in total. The maximum atomic E-state index is 13.9. The molecule has 38 heavy (non-hydrogen) atoms. The van der Waals surface area contributed by atoms with Crippen LogP contribution in [0.2, 0.25) is 0 Å². The van der Waals surface area contributed by atoms with Gasteiger partial charge in [0.1, 0.15) is 0 Å². The fraction of sp³-hybridized carbons (Fsp3) is 0.346. The highest BCUT2D eigenvalue weighted by molar-refractivity contribution is 5.94. The zero-order chi connectivity index (χ0) is 26.3. The number of fused-ring (bicyclic) bond motifs is 3. The van der Waals surface area contributed by atoms with Gasteiger partial charge < -0.3 is 26.1 Å². The number of benzene rings is 1. The summed E-state index contributed by atoms with van der Waals surface area (Å²) in [5.74, 6) is 0.829. The Balaban J connectivity index is 1.38. The number of nitrogen functional groups attached to an aromatic ring is 1. The minimum Gasteiger partial charge on any atom is -0.461 e. The lowest BCUT2D eigenvalue weighted by atomic mass is 9.91. The largest absolute Gasteiger partial charge is 0.461 e. The molecule has 1 aliphatic rings. The van der Waals surface area contributed by atoms with Crippen molar-refractivity contribution >= 4 is 28.5 Å². The molecule has 5 heterocycles. The van der Waals surface area contributed by atoms with Gasteiger partial charge in [0.15, 0.2) is 22.6 Å². The molecule has 0 radical (unpaired) electrons. The lowest BCUT2D eigenvalue weighted by molar-refractivity contribution is -0.127. The Hall–Kier alpha value is -4.29. The number of carbonyl (C=O) groups is 1. The maximum absolute atomic E-state index is 13.9. The van der Waals surface area contributed by atoms with Gasteiger partial charge in [-0.2, -0.15) is 14.6 Å². The number of aromatic nitrogens is 6. The van der Waals surface area contributed by atoms with E-state index in [1.807, 2.05) is 37.3 Å². The number of nitrogens with zero attached hydrogens (tertiary/aromatic N) is 6. The van der Waals surface area contributed by atoms with Gasteiger partial charge in [0.25, 0.3) is 5.91 Å². The predicted molar refractivity (Wildman–Crippen MR) is 142 cm³/mol. The molecule has 5 aromatic rings. The van der Waals surface area contributed by atoms with E-state index in [1.165, 1.54) is 4.52 Å². The van der Waals surface area contributed by atoms with Crippen LogP contribution in [-0.4, -0.2) is 67.0 Å². The second kappa shape index (κ2) is 9.54. The summed E-state index contributed by atoms with van der Waals surface area (Å²) in [5, 5.41) is 19.9. The van der Waals surface area contributed by atoms with Crippen LogP contribution in [0.15, 0.2) is 59.3 Å². The minimum absolute atomic E-state index is 0.125. The van der Waals surface area contributed by atoms with E-state index in [1.54, 1.807) is 29.3 Å². The number of carbonyl (C=O) groups excluding carboxylic acids is 1. The van der Waals surface area contributed by atoms with E-state index in [0.717, 1.165) is 25.1 Å². The van der Waals surface area contributed by atoms with Gasteiger partial charge in [-0.05, 0) is 38.0 Å². The van der Waals surface area contributed by atoms with Crippen LogP contribution in [0.25, 0.3) is 28.3 Å². The molecular weight excluding hydrogens is 484 g/mol. The van der Waals surface area contributed by atoms with Crippen molar-refractivity contribution in [3.8, 4) is 11.6 Å². The zero-order valence-corrected chi connectivity index (χ0v) is 21.3. The van der Waals surface area contributed by atoms with E-state index >= 15 is 0 Å². The highest BCUT2D eigenvalue weighted by atomic mass is 16.3. The molecule has 0 bridgehead atoms. The Bertz CT molecular complexity index is 1580. The summed E-state index contributed by atoms with van der Waals surface area (Å²) in [5.41, 5.74) is 6.80. The molecule has 4 aromatic heterocycles. The van der Waals surface area contributed by atoms with Gasteiger partial charge in [-0.1, -0.05) is 30.3 Å². The van der Waals surface area contributed by atoms with Crippen molar-refractivity contribution in [3.63, 3.8) is 0 Å². The average Bonchev–Trinajstić information content (AvgIpc) is 3.68. The average molecular weight is 515 g/mol. The fourth-order valence-corrected chi connectivity index (χ4v) is 5.07. The van der Waals surface area contributed by atoms with E-state index in [-0.39, 0.29) is 11.9 Å². The zero-order valence-electron chi connectivity index (χ0n) is 21.3. The number of hydrogen-bond donors (Lipinski definition) is 4. The monoisotopic (exact) mass is 514 g/mol. The molecule has 3 atom stereocenters. The van der Waals surface area contributed by atoms with Crippen molar-refractivity contribution in [2.45, 2.75) is 37.9 Å². The first-order valence-corrected chi connectivity index (χ1v) is 12.7. The third-order valence-electron chi connectivity index (χ3n) is 7.11. The van der Waals surface area contributed by atoms with E-state index < -0.39 is 5.54 Å². The molecule has 5 N–H and O–H groups in total. The molecule has 196 valence electrons. The van der Waals surface area contributed by atoms with Crippen LogP contribution in [0, 0.1) is 0 Å². The summed E-state index contributed by atoms with van der Waals surface area (Å²) in [6.07, 6.45) is 4.00. The van der Waals surface area contributed by atoms with Crippen molar-refractivity contribution in [1.29, 1.82) is 0 Å². The van der Waals surface area contributed by atoms with Crippen molar-refractivity contribution in [2.75, 3.05) is 25.4 Å². The molecular formula is C26H30N10O2. The molecule has 1 aliphatic heterocycles. The van der Waals surface area contributed by atoms with Crippen LogP contribution in [0.3, 0.4) is 0 Å². The van der Waals surface area contributed by atoms with E-state index in [4.69, 9.17) is 10.2 Å². The molecule has 2 unspecified atom stereocenters.